The summed E-state index contributed by atoms with van der Waals surface area (Å²) in [5, 5.41) is 12.3. The van der Waals surface area contributed by atoms with Crippen molar-refractivity contribution < 1.29 is 14.6 Å². The van der Waals surface area contributed by atoms with Crippen molar-refractivity contribution in [3.63, 3.8) is 0 Å². The summed E-state index contributed by atoms with van der Waals surface area (Å²) in [5.74, 6) is 1.48. The van der Waals surface area contributed by atoms with Gasteiger partial charge in [0.05, 0.1) is 7.11 Å². The average molecular weight is 408 g/mol. The molecule has 0 saturated heterocycles. The molecule has 2 N–H and O–H groups in total. The Morgan fingerprint density at radius 3 is 2.72 bits per heavy atom. The van der Waals surface area contributed by atoms with Crippen LogP contribution in [-0.2, 0) is 13.2 Å². The zero-order valence-corrected chi connectivity index (χ0v) is 16.4. The van der Waals surface area contributed by atoms with Crippen molar-refractivity contribution in [2.75, 3.05) is 20.3 Å². The third kappa shape index (κ3) is 6.03. The minimum Gasteiger partial charge on any atom is -0.493 e. The Morgan fingerprint density at radius 2 is 2.00 bits per heavy atom. The second-order valence-corrected chi connectivity index (χ2v) is 6.80. The lowest BCUT2D eigenvalue weighted by Gasteiger charge is -2.17. The number of aryl methyl sites for hydroxylation is 1. The van der Waals surface area contributed by atoms with Gasteiger partial charge in [0, 0.05) is 23.2 Å². The number of hydrogen-bond donors (Lipinski definition) is 2. The number of unbranched alkanes of at least 4 members (excludes halogenated alkanes) is 1. The smallest absolute Gasteiger partial charge is 0.167 e. The average Bonchev–Trinajstić information content (AvgIpc) is 2.61. The van der Waals surface area contributed by atoms with E-state index in [0.29, 0.717) is 13.2 Å². The highest BCUT2D eigenvalue weighted by Gasteiger charge is 2.14. The van der Waals surface area contributed by atoms with Gasteiger partial charge in [0.25, 0.3) is 0 Å². The predicted octanol–water partition coefficient (Wildman–Crippen LogP) is 4.21. The first kappa shape index (κ1) is 19.8. The standard InChI is InChI=1S/C20H26BrNO3/c1-15-6-5-7-16(12-15)14-25-20-17(13-22-10-3-4-11-23)18(21)8-9-19(20)24-2/h5-9,12,22-23H,3-4,10-11,13-14H2,1-2H3. The molecule has 25 heavy (non-hydrogen) atoms. The molecule has 0 bridgehead atoms. The van der Waals surface area contributed by atoms with E-state index in [0.717, 1.165) is 46.5 Å². The Hall–Kier alpha value is -1.56. The number of nitrogens with one attached hydrogen (secondary N) is 1. The van der Waals surface area contributed by atoms with Gasteiger partial charge >= 0.3 is 0 Å². The van der Waals surface area contributed by atoms with Crippen LogP contribution in [0.2, 0.25) is 0 Å². The first-order chi connectivity index (χ1) is 12.2. The van der Waals surface area contributed by atoms with Gasteiger partial charge in [-0.2, -0.15) is 0 Å². The van der Waals surface area contributed by atoms with Gasteiger partial charge < -0.3 is 19.9 Å². The number of aliphatic hydroxyl groups excluding tert-OH is 1. The minimum absolute atomic E-state index is 0.232. The fraction of sp³-hybridized carbons (Fsp3) is 0.400. The third-order valence-corrected chi connectivity index (χ3v) is 4.66. The summed E-state index contributed by atoms with van der Waals surface area (Å²) >= 11 is 3.62. The molecule has 0 aromatic heterocycles. The van der Waals surface area contributed by atoms with Gasteiger partial charge in [-0.05, 0) is 44.0 Å². The molecule has 136 valence electrons. The van der Waals surface area contributed by atoms with Gasteiger partial charge in [-0.1, -0.05) is 45.8 Å². The normalized spacial score (nSPS) is 10.7. The molecule has 2 aromatic rings. The highest BCUT2D eigenvalue weighted by Crippen LogP contribution is 2.36. The van der Waals surface area contributed by atoms with E-state index in [2.05, 4.69) is 46.4 Å². The lowest BCUT2D eigenvalue weighted by atomic mass is 10.1. The van der Waals surface area contributed by atoms with Crippen LogP contribution in [0.4, 0.5) is 0 Å². The molecule has 0 amide bonds. The van der Waals surface area contributed by atoms with Gasteiger partial charge in [-0.15, -0.1) is 0 Å². The Morgan fingerprint density at radius 1 is 1.16 bits per heavy atom. The first-order valence-electron chi connectivity index (χ1n) is 8.51. The molecule has 0 aliphatic rings. The SMILES string of the molecule is COc1ccc(Br)c(CNCCCCO)c1OCc1cccc(C)c1. The van der Waals surface area contributed by atoms with Crippen LogP contribution in [-0.4, -0.2) is 25.4 Å². The Bertz CT molecular complexity index is 676. The summed E-state index contributed by atoms with van der Waals surface area (Å²) in [7, 11) is 1.65. The summed E-state index contributed by atoms with van der Waals surface area (Å²) in [6, 6.07) is 12.2. The van der Waals surface area contributed by atoms with Gasteiger partial charge in [-0.3, -0.25) is 0 Å². The summed E-state index contributed by atoms with van der Waals surface area (Å²) in [6.07, 6.45) is 1.75. The molecule has 0 heterocycles. The fourth-order valence-electron chi connectivity index (χ4n) is 2.60. The number of halogens is 1. The summed E-state index contributed by atoms with van der Waals surface area (Å²) in [5.41, 5.74) is 3.38. The molecule has 0 aliphatic carbocycles. The van der Waals surface area contributed by atoms with Crippen molar-refractivity contribution >= 4 is 15.9 Å². The van der Waals surface area contributed by atoms with E-state index in [4.69, 9.17) is 14.6 Å². The van der Waals surface area contributed by atoms with Crippen molar-refractivity contribution in [1.82, 2.24) is 5.32 Å². The quantitative estimate of drug-likeness (QED) is 0.579. The summed E-state index contributed by atoms with van der Waals surface area (Å²) < 4.78 is 12.6. The van der Waals surface area contributed by atoms with Crippen LogP contribution < -0.4 is 14.8 Å². The highest BCUT2D eigenvalue weighted by atomic mass is 79.9. The van der Waals surface area contributed by atoms with E-state index in [1.807, 2.05) is 18.2 Å². The highest BCUT2D eigenvalue weighted by molar-refractivity contribution is 9.10. The Labute approximate surface area is 158 Å². The van der Waals surface area contributed by atoms with Crippen LogP contribution in [0, 0.1) is 6.92 Å². The minimum atomic E-state index is 0.232. The van der Waals surface area contributed by atoms with Crippen molar-refractivity contribution in [3.05, 3.63) is 57.6 Å². The molecular formula is C20H26BrNO3. The van der Waals surface area contributed by atoms with Crippen LogP contribution in [0.25, 0.3) is 0 Å². The van der Waals surface area contributed by atoms with Gasteiger partial charge in [-0.25, -0.2) is 0 Å². The van der Waals surface area contributed by atoms with Gasteiger partial charge in [0.1, 0.15) is 6.61 Å². The van der Waals surface area contributed by atoms with Crippen LogP contribution >= 0.6 is 15.9 Å². The molecule has 0 aliphatic heterocycles. The molecular weight excluding hydrogens is 382 g/mol. The number of hydrogen-bond acceptors (Lipinski definition) is 4. The van der Waals surface area contributed by atoms with Crippen LogP contribution in [0.15, 0.2) is 40.9 Å². The van der Waals surface area contributed by atoms with E-state index in [9.17, 15) is 0 Å². The fourth-order valence-corrected chi connectivity index (χ4v) is 3.05. The topological polar surface area (TPSA) is 50.7 Å². The molecule has 0 unspecified atom stereocenters. The maximum absolute atomic E-state index is 8.87. The second-order valence-electron chi connectivity index (χ2n) is 5.94. The van der Waals surface area contributed by atoms with Crippen LogP contribution in [0.1, 0.15) is 29.5 Å². The number of methoxy groups -OCH3 is 1. The molecule has 5 heteroatoms. The number of aliphatic hydroxyl groups is 1. The van der Waals surface area contributed by atoms with Crippen molar-refractivity contribution in [1.29, 1.82) is 0 Å². The Balaban J connectivity index is 2.11. The molecule has 0 spiro atoms. The van der Waals surface area contributed by atoms with E-state index in [1.165, 1.54) is 5.56 Å². The van der Waals surface area contributed by atoms with E-state index >= 15 is 0 Å². The van der Waals surface area contributed by atoms with E-state index in [1.54, 1.807) is 7.11 Å². The summed E-state index contributed by atoms with van der Waals surface area (Å²) in [4.78, 5) is 0. The lowest BCUT2D eigenvalue weighted by Crippen LogP contribution is -2.16. The summed E-state index contributed by atoms with van der Waals surface area (Å²) in [6.45, 7) is 4.32. The van der Waals surface area contributed by atoms with Crippen molar-refractivity contribution in [3.8, 4) is 11.5 Å². The molecule has 2 aromatic carbocycles. The largest absolute Gasteiger partial charge is 0.493 e. The predicted molar refractivity (Wildman–Crippen MR) is 104 cm³/mol. The number of benzene rings is 2. The van der Waals surface area contributed by atoms with E-state index in [-0.39, 0.29) is 6.61 Å². The molecule has 0 atom stereocenters. The second kappa shape index (κ2) is 10.4. The molecule has 2 rings (SSSR count). The number of ether oxygens (including phenoxy) is 2. The maximum atomic E-state index is 8.87. The Kier molecular flexibility index (Phi) is 8.25. The first-order valence-corrected chi connectivity index (χ1v) is 9.30. The maximum Gasteiger partial charge on any atom is 0.167 e. The van der Waals surface area contributed by atoms with Crippen molar-refractivity contribution in [2.45, 2.75) is 32.9 Å². The van der Waals surface area contributed by atoms with Crippen LogP contribution in [0.3, 0.4) is 0 Å². The zero-order chi connectivity index (χ0) is 18.1. The van der Waals surface area contributed by atoms with Crippen LogP contribution in [0.5, 0.6) is 11.5 Å². The zero-order valence-electron chi connectivity index (χ0n) is 14.8. The van der Waals surface area contributed by atoms with Gasteiger partial charge in [0.15, 0.2) is 11.5 Å². The third-order valence-electron chi connectivity index (χ3n) is 3.92. The lowest BCUT2D eigenvalue weighted by molar-refractivity contribution is 0.278. The van der Waals surface area contributed by atoms with E-state index < -0.39 is 0 Å². The number of rotatable bonds is 10. The molecule has 0 saturated carbocycles. The monoisotopic (exact) mass is 407 g/mol. The molecule has 0 fully saturated rings. The molecule has 0 radical (unpaired) electrons. The van der Waals surface area contributed by atoms with Crippen molar-refractivity contribution in [2.24, 2.45) is 0 Å². The molecule has 4 nitrogen and oxygen atoms in total. The van der Waals surface area contributed by atoms with Gasteiger partial charge in [0.2, 0.25) is 0 Å².